The van der Waals surface area contributed by atoms with Crippen molar-refractivity contribution in [2.75, 3.05) is 5.32 Å². The minimum atomic E-state index is -0.333. The van der Waals surface area contributed by atoms with Gasteiger partial charge in [0.2, 0.25) is 0 Å². The van der Waals surface area contributed by atoms with Crippen LogP contribution in [0.4, 0.5) is 5.69 Å². The van der Waals surface area contributed by atoms with Crippen molar-refractivity contribution in [2.24, 2.45) is 0 Å². The maximum atomic E-state index is 11.9. The van der Waals surface area contributed by atoms with Gasteiger partial charge in [0.05, 0.1) is 18.3 Å². The highest BCUT2D eigenvalue weighted by atomic mass is 16.5. The summed E-state index contributed by atoms with van der Waals surface area (Å²) in [6.45, 7) is 8.28. The lowest BCUT2D eigenvalue weighted by atomic mass is 10.1. The Kier molecular flexibility index (Phi) is 4.45. The van der Waals surface area contributed by atoms with Gasteiger partial charge in [0, 0.05) is 23.2 Å². The third kappa shape index (κ3) is 3.61. The fourth-order valence-corrected chi connectivity index (χ4v) is 1.93. The second kappa shape index (κ2) is 6.09. The lowest BCUT2D eigenvalue weighted by Crippen LogP contribution is -2.12. The van der Waals surface area contributed by atoms with Crippen molar-refractivity contribution >= 4 is 16.7 Å². The molecule has 4 nitrogen and oxygen atoms in total. The second-order valence-electron chi connectivity index (χ2n) is 5.47. The van der Waals surface area contributed by atoms with Crippen LogP contribution < -0.4 is 10.9 Å². The monoisotopic (exact) mass is 275 g/mol. The maximum Gasteiger partial charge on any atom is 0.341 e. The summed E-state index contributed by atoms with van der Waals surface area (Å²) in [7, 11) is 0. The summed E-state index contributed by atoms with van der Waals surface area (Å²) >= 11 is 0. The molecule has 108 valence electrons. The van der Waals surface area contributed by atoms with Crippen LogP contribution in [0.1, 0.15) is 33.3 Å². The fraction of sp³-hybridized carbons (Fsp3) is 0.438. The molecule has 0 amide bonds. The Hall–Kier alpha value is -1.81. The van der Waals surface area contributed by atoms with Crippen molar-refractivity contribution in [3.05, 3.63) is 40.2 Å². The molecule has 0 aliphatic heterocycles. The van der Waals surface area contributed by atoms with Crippen molar-refractivity contribution < 1.29 is 9.15 Å². The summed E-state index contributed by atoms with van der Waals surface area (Å²) in [5.74, 6) is 0. The Morgan fingerprint density at radius 3 is 2.60 bits per heavy atom. The number of benzene rings is 1. The molecule has 2 rings (SSSR count). The van der Waals surface area contributed by atoms with E-state index in [9.17, 15) is 4.79 Å². The van der Waals surface area contributed by atoms with Gasteiger partial charge in [0.25, 0.3) is 0 Å². The molecule has 0 radical (unpaired) electrons. The van der Waals surface area contributed by atoms with Crippen LogP contribution in [0.3, 0.4) is 0 Å². The topological polar surface area (TPSA) is 51.5 Å². The molecule has 0 spiro atoms. The van der Waals surface area contributed by atoms with Crippen LogP contribution in [0.15, 0.2) is 33.5 Å². The summed E-state index contributed by atoms with van der Waals surface area (Å²) in [5, 5.41) is 4.19. The first-order valence-corrected chi connectivity index (χ1v) is 6.90. The van der Waals surface area contributed by atoms with Crippen LogP contribution in [0, 0.1) is 0 Å². The first-order valence-electron chi connectivity index (χ1n) is 6.90. The molecular formula is C16H21NO3. The van der Waals surface area contributed by atoms with Crippen LogP contribution in [0.2, 0.25) is 0 Å². The highest BCUT2D eigenvalue weighted by molar-refractivity contribution is 5.80. The molecule has 0 atom stereocenters. The van der Waals surface area contributed by atoms with E-state index in [0.717, 1.165) is 11.1 Å². The highest BCUT2D eigenvalue weighted by Crippen LogP contribution is 2.19. The number of anilines is 1. The first-order chi connectivity index (χ1) is 9.45. The van der Waals surface area contributed by atoms with Gasteiger partial charge in [-0.15, -0.1) is 0 Å². The molecule has 4 heteroatoms. The zero-order chi connectivity index (χ0) is 14.7. The fourth-order valence-electron chi connectivity index (χ4n) is 1.93. The van der Waals surface area contributed by atoms with E-state index < -0.39 is 0 Å². The van der Waals surface area contributed by atoms with Crippen LogP contribution in [0.5, 0.6) is 0 Å². The van der Waals surface area contributed by atoms with E-state index in [4.69, 9.17) is 9.15 Å². The second-order valence-corrected chi connectivity index (χ2v) is 5.47. The first kappa shape index (κ1) is 14.6. The van der Waals surface area contributed by atoms with E-state index in [1.165, 1.54) is 0 Å². The van der Waals surface area contributed by atoms with Gasteiger partial charge in [-0.1, -0.05) is 0 Å². The normalized spacial score (nSPS) is 11.5. The summed E-state index contributed by atoms with van der Waals surface area (Å²) in [6, 6.07) is 7.95. The van der Waals surface area contributed by atoms with Gasteiger partial charge in [-0.2, -0.15) is 0 Å². The summed E-state index contributed by atoms with van der Waals surface area (Å²) in [4.78, 5) is 11.9. The minimum absolute atomic E-state index is 0.0858. The Balaban J connectivity index is 2.33. The zero-order valence-corrected chi connectivity index (χ0v) is 12.4. The molecule has 0 aliphatic carbocycles. The van der Waals surface area contributed by atoms with E-state index in [-0.39, 0.29) is 18.3 Å². The average Bonchev–Trinajstić information content (AvgIpc) is 2.35. The molecule has 0 saturated carbocycles. The lowest BCUT2D eigenvalue weighted by molar-refractivity contribution is 0.0642. The van der Waals surface area contributed by atoms with E-state index in [2.05, 4.69) is 19.2 Å². The Bertz CT molecular complexity index is 644. The number of fused-ring (bicyclic) bond motifs is 1. The smallest absolute Gasteiger partial charge is 0.341 e. The van der Waals surface area contributed by atoms with Gasteiger partial charge in [-0.05, 0) is 45.9 Å². The van der Waals surface area contributed by atoms with Crippen molar-refractivity contribution in [3.8, 4) is 0 Å². The summed E-state index contributed by atoms with van der Waals surface area (Å²) < 4.78 is 10.8. The van der Waals surface area contributed by atoms with Crippen molar-refractivity contribution in [3.63, 3.8) is 0 Å². The van der Waals surface area contributed by atoms with E-state index in [0.29, 0.717) is 17.2 Å². The van der Waals surface area contributed by atoms with Crippen molar-refractivity contribution in [2.45, 2.75) is 46.4 Å². The number of nitrogens with one attached hydrogen (secondary N) is 1. The molecule has 20 heavy (non-hydrogen) atoms. The van der Waals surface area contributed by atoms with Gasteiger partial charge in [-0.3, -0.25) is 0 Å². The standard InChI is InChI=1S/C16H21NO3/c1-10(2)17-14-6-5-12-7-13(9-19-11(3)4)16(18)20-15(12)8-14/h5-8,10-11,17H,9H2,1-4H3. The maximum absolute atomic E-state index is 11.9. The molecular weight excluding hydrogens is 254 g/mol. The quantitative estimate of drug-likeness (QED) is 0.848. The molecule has 1 heterocycles. The number of rotatable bonds is 5. The molecule has 0 fully saturated rings. The number of ether oxygens (including phenoxy) is 1. The molecule has 0 saturated heterocycles. The van der Waals surface area contributed by atoms with Crippen LogP contribution in [0.25, 0.3) is 11.0 Å². The summed E-state index contributed by atoms with van der Waals surface area (Å²) in [6.07, 6.45) is 0.0858. The molecule has 2 aromatic rings. The van der Waals surface area contributed by atoms with Crippen LogP contribution in [-0.2, 0) is 11.3 Å². The molecule has 0 unspecified atom stereocenters. The van der Waals surface area contributed by atoms with Crippen molar-refractivity contribution in [1.29, 1.82) is 0 Å². The SMILES string of the molecule is CC(C)Nc1ccc2cc(COC(C)C)c(=O)oc2c1. The highest BCUT2D eigenvalue weighted by Gasteiger charge is 2.07. The van der Waals surface area contributed by atoms with E-state index in [1.807, 2.05) is 38.1 Å². The lowest BCUT2D eigenvalue weighted by Gasteiger charge is -2.11. The molecule has 0 aliphatic rings. The molecule has 0 bridgehead atoms. The Morgan fingerprint density at radius 2 is 1.95 bits per heavy atom. The van der Waals surface area contributed by atoms with Gasteiger partial charge < -0.3 is 14.5 Å². The molecule has 1 aromatic heterocycles. The Morgan fingerprint density at radius 1 is 1.20 bits per heavy atom. The van der Waals surface area contributed by atoms with Crippen LogP contribution in [-0.4, -0.2) is 12.1 Å². The number of hydrogen-bond acceptors (Lipinski definition) is 4. The van der Waals surface area contributed by atoms with Crippen molar-refractivity contribution in [1.82, 2.24) is 0 Å². The minimum Gasteiger partial charge on any atom is -0.422 e. The van der Waals surface area contributed by atoms with Gasteiger partial charge in [0.1, 0.15) is 5.58 Å². The van der Waals surface area contributed by atoms with Gasteiger partial charge >= 0.3 is 5.63 Å². The zero-order valence-electron chi connectivity index (χ0n) is 12.4. The third-order valence-electron chi connectivity index (χ3n) is 2.84. The molecule has 1 aromatic carbocycles. The predicted octanol–water partition coefficient (Wildman–Crippen LogP) is 3.54. The van der Waals surface area contributed by atoms with Gasteiger partial charge in [0.15, 0.2) is 0 Å². The number of hydrogen-bond donors (Lipinski definition) is 1. The van der Waals surface area contributed by atoms with Crippen LogP contribution >= 0.6 is 0 Å². The van der Waals surface area contributed by atoms with E-state index >= 15 is 0 Å². The van der Waals surface area contributed by atoms with Gasteiger partial charge in [-0.25, -0.2) is 4.79 Å². The van der Waals surface area contributed by atoms with E-state index in [1.54, 1.807) is 0 Å². The largest absolute Gasteiger partial charge is 0.422 e. The summed E-state index contributed by atoms with van der Waals surface area (Å²) in [5.41, 5.74) is 1.76. The molecule has 1 N–H and O–H groups in total. The predicted molar refractivity (Wildman–Crippen MR) is 81.2 cm³/mol. The Labute approximate surface area is 118 Å². The average molecular weight is 275 g/mol. The third-order valence-corrected chi connectivity index (χ3v) is 2.84.